The SMILES string of the molecule is Nc1ccc(CNC(=O)C(N)CO)cc1. The Kier molecular flexibility index (Phi) is 4.08. The van der Waals surface area contributed by atoms with Crippen molar-refractivity contribution >= 4 is 11.6 Å². The Hall–Kier alpha value is -1.59. The van der Waals surface area contributed by atoms with Crippen molar-refractivity contribution in [1.29, 1.82) is 0 Å². The number of aliphatic hydroxyl groups excluding tert-OH is 1. The minimum Gasteiger partial charge on any atom is -0.399 e. The summed E-state index contributed by atoms with van der Waals surface area (Å²) >= 11 is 0. The summed E-state index contributed by atoms with van der Waals surface area (Å²) in [5, 5.41) is 11.2. The van der Waals surface area contributed by atoms with Crippen LogP contribution >= 0.6 is 0 Å². The number of carbonyl (C=O) groups excluding carboxylic acids is 1. The molecule has 1 unspecified atom stereocenters. The van der Waals surface area contributed by atoms with E-state index in [1.54, 1.807) is 12.1 Å². The van der Waals surface area contributed by atoms with Gasteiger partial charge in [0, 0.05) is 12.2 Å². The van der Waals surface area contributed by atoms with E-state index < -0.39 is 6.04 Å². The summed E-state index contributed by atoms with van der Waals surface area (Å²) in [4.78, 5) is 11.2. The van der Waals surface area contributed by atoms with Crippen LogP contribution in [0.1, 0.15) is 5.56 Å². The Morgan fingerprint density at radius 1 is 1.40 bits per heavy atom. The second-order valence-corrected chi connectivity index (χ2v) is 3.25. The lowest BCUT2D eigenvalue weighted by Crippen LogP contribution is -2.42. The first kappa shape index (κ1) is 11.5. The first-order chi connectivity index (χ1) is 7.13. The lowest BCUT2D eigenvalue weighted by Gasteiger charge is -2.09. The molecule has 0 aliphatic heterocycles. The van der Waals surface area contributed by atoms with Crippen LogP contribution in [-0.2, 0) is 11.3 Å². The van der Waals surface area contributed by atoms with Crippen LogP contribution in [0.15, 0.2) is 24.3 Å². The number of nitrogen functional groups attached to an aromatic ring is 1. The second-order valence-electron chi connectivity index (χ2n) is 3.25. The summed E-state index contributed by atoms with van der Waals surface area (Å²) in [6.07, 6.45) is 0. The lowest BCUT2D eigenvalue weighted by molar-refractivity contribution is -0.123. The van der Waals surface area contributed by atoms with Crippen LogP contribution in [0, 0.1) is 0 Å². The lowest BCUT2D eigenvalue weighted by atomic mass is 10.2. The third-order valence-electron chi connectivity index (χ3n) is 1.98. The van der Waals surface area contributed by atoms with E-state index in [4.69, 9.17) is 16.6 Å². The molecule has 1 aromatic carbocycles. The largest absolute Gasteiger partial charge is 0.399 e. The van der Waals surface area contributed by atoms with Gasteiger partial charge in [-0.25, -0.2) is 0 Å². The molecule has 6 N–H and O–H groups in total. The summed E-state index contributed by atoms with van der Waals surface area (Å²) in [6.45, 7) is 0.0282. The van der Waals surface area contributed by atoms with Gasteiger partial charge in [0.05, 0.1) is 6.61 Å². The van der Waals surface area contributed by atoms with Crippen LogP contribution in [0.3, 0.4) is 0 Å². The van der Waals surface area contributed by atoms with Crippen molar-refractivity contribution in [2.75, 3.05) is 12.3 Å². The highest BCUT2D eigenvalue weighted by Gasteiger charge is 2.10. The van der Waals surface area contributed by atoms with E-state index in [0.29, 0.717) is 12.2 Å². The van der Waals surface area contributed by atoms with Crippen molar-refractivity contribution in [2.24, 2.45) is 5.73 Å². The molecule has 0 fully saturated rings. The summed E-state index contributed by atoms with van der Waals surface area (Å²) in [7, 11) is 0. The highest BCUT2D eigenvalue weighted by Crippen LogP contribution is 2.04. The maximum atomic E-state index is 11.2. The second kappa shape index (κ2) is 5.33. The molecule has 0 saturated carbocycles. The number of rotatable bonds is 4. The van der Waals surface area contributed by atoms with Gasteiger partial charge in [0.1, 0.15) is 6.04 Å². The van der Waals surface area contributed by atoms with Crippen molar-refractivity contribution < 1.29 is 9.90 Å². The molecule has 5 nitrogen and oxygen atoms in total. The van der Waals surface area contributed by atoms with Gasteiger partial charge in [-0.1, -0.05) is 12.1 Å². The average Bonchev–Trinajstić information content (AvgIpc) is 2.26. The zero-order chi connectivity index (χ0) is 11.3. The predicted octanol–water partition coefficient (Wildman–Crippen LogP) is -0.795. The van der Waals surface area contributed by atoms with Crippen LogP contribution in [0.25, 0.3) is 0 Å². The van der Waals surface area contributed by atoms with Crippen LogP contribution in [0.4, 0.5) is 5.69 Å². The van der Waals surface area contributed by atoms with E-state index >= 15 is 0 Å². The fourth-order valence-corrected chi connectivity index (χ4v) is 1.04. The average molecular weight is 209 g/mol. The number of amides is 1. The summed E-state index contributed by atoms with van der Waals surface area (Å²) < 4.78 is 0. The van der Waals surface area contributed by atoms with Gasteiger partial charge in [0.15, 0.2) is 0 Å². The third kappa shape index (κ3) is 3.57. The van der Waals surface area contributed by atoms with Crippen molar-refractivity contribution in [3.05, 3.63) is 29.8 Å². The Labute approximate surface area is 88.1 Å². The van der Waals surface area contributed by atoms with Gasteiger partial charge in [-0.05, 0) is 17.7 Å². The number of hydrogen-bond acceptors (Lipinski definition) is 4. The number of nitrogens with one attached hydrogen (secondary N) is 1. The molecular weight excluding hydrogens is 194 g/mol. The molecule has 0 saturated heterocycles. The predicted molar refractivity (Wildman–Crippen MR) is 57.8 cm³/mol. The Balaban J connectivity index is 2.43. The molecule has 15 heavy (non-hydrogen) atoms. The summed E-state index contributed by atoms with van der Waals surface area (Å²) in [5.41, 5.74) is 12.4. The zero-order valence-corrected chi connectivity index (χ0v) is 8.31. The number of benzene rings is 1. The van der Waals surface area contributed by atoms with Crippen LogP contribution in [0.2, 0.25) is 0 Å². The fraction of sp³-hybridized carbons (Fsp3) is 0.300. The Morgan fingerprint density at radius 2 is 2.00 bits per heavy atom. The van der Waals surface area contributed by atoms with Crippen LogP contribution in [0.5, 0.6) is 0 Å². The molecule has 1 amide bonds. The number of nitrogens with two attached hydrogens (primary N) is 2. The Morgan fingerprint density at radius 3 is 2.53 bits per heavy atom. The molecule has 0 aliphatic rings. The van der Waals surface area contributed by atoms with Gasteiger partial charge in [-0.2, -0.15) is 0 Å². The number of anilines is 1. The number of hydrogen-bond donors (Lipinski definition) is 4. The van der Waals surface area contributed by atoms with E-state index in [2.05, 4.69) is 5.32 Å². The normalized spacial score (nSPS) is 12.1. The monoisotopic (exact) mass is 209 g/mol. The molecule has 0 spiro atoms. The fourth-order valence-electron chi connectivity index (χ4n) is 1.04. The molecule has 0 bridgehead atoms. The quantitative estimate of drug-likeness (QED) is 0.488. The molecule has 0 aliphatic carbocycles. The number of aliphatic hydroxyl groups is 1. The van der Waals surface area contributed by atoms with Crippen molar-refractivity contribution in [1.82, 2.24) is 5.32 Å². The van der Waals surface area contributed by atoms with Gasteiger partial charge in [-0.15, -0.1) is 0 Å². The van der Waals surface area contributed by atoms with Gasteiger partial charge in [-0.3, -0.25) is 4.79 Å². The Bertz CT molecular complexity index is 324. The van der Waals surface area contributed by atoms with Crippen molar-refractivity contribution in [2.45, 2.75) is 12.6 Å². The standard InChI is InChI=1S/C10H15N3O2/c11-8-3-1-7(2-4-8)5-13-10(15)9(12)6-14/h1-4,9,14H,5-6,11-12H2,(H,13,15). The third-order valence-corrected chi connectivity index (χ3v) is 1.98. The van der Waals surface area contributed by atoms with E-state index in [0.717, 1.165) is 5.56 Å². The minimum atomic E-state index is -0.862. The molecule has 1 rings (SSSR count). The molecule has 1 aromatic rings. The maximum absolute atomic E-state index is 11.2. The highest BCUT2D eigenvalue weighted by molar-refractivity contribution is 5.81. The molecule has 0 radical (unpaired) electrons. The van der Waals surface area contributed by atoms with Crippen LogP contribution < -0.4 is 16.8 Å². The molecule has 0 heterocycles. The maximum Gasteiger partial charge on any atom is 0.239 e. The van der Waals surface area contributed by atoms with E-state index in [9.17, 15) is 4.79 Å². The van der Waals surface area contributed by atoms with Crippen molar-refractivity contribution in [3.8, 4) is 0 Å². The van der Waals surface area contributed by atoms with E-state index in [-0.39, 0.29) is 12.5 Å². The van der Waals surface area contributed by atoms with Gasteiger partial charge in [0.2, 0.25) is 5.91 Å². The van der Waals surface area contributed by atoms with Crippen LogP contribution in [-0.4, -0.2) is 23.7 Å². The van der Waals surface area contributed by atoms with Gasteiger partial charge >= 0.3 is 0 Å². The topological polar surface area (TPSA) is 101 Å². The zero-order valence-electron chi connectivity index (χ0n) is 8.31. The first-order valence-electron chi connectivity index (χ1n) is 4.62. The molecule has 0 aromatic heterocycles. The smallest absolute Gasteiger partial charge is 0.239 e. The van der Waals surface area contributed by atoms with Gasteiger partial charge in [0.25, 0.3) is 0 Å². The van der Waals surface area contributed by atoms with Crippen molar-refractivity contribution in [3.63, 3.8) is 0 Å². The van der Waals surface area contributed by atoms with E-state index in [1.165, 1.54) is 0 Å². The molecule has 82 valence electrons. The molecule has 1 atom stereocenters. The minimum absolute atomic E-state index is 0.354. The van der Waals surface area contributed by atoms with E-state index in [1.807, 2.05) is 12.1 Å². The highest BCUT2D eigenvalue weighted by atomic mass is 16.3. The first-order valence-corrected chi connectivity index (χ1v) is 4.62. The number of carbonyl (C=O) groups is 1. The summed E-state index contributed by atoms with van der Waals surface area (Å²) in [5.74, 6) is -0.366. The van der Waals surface area contributed by atoms with Gasteiger partial charge < -0.3 is 21.9 Å². The molecule has 5 heteroatoms. The molecular formula is C10H15N3O2. The summed E-state index contributed by atoms with van der Waals surface area (Å²) in [6, 6.07) is 6.29.